The lowest BCUT2D eigenvalue weighted by Crippen LogP contribution is -2.54. The van der Waals surface area contributed by atoms with Gasteiger partial charge in [0.25, 0.3) is 0 Å². The van der Waals surface area contributed by atoms with E-state index in [0.717, 1.165) is 23.7 Å². The van der Waals surface area contributed by atoms with Gasteiger partial charge >= 0.3 is 0 Å². The van der Waals surface area contributed by atoms with Crippen LogP contribution in [0.4, 0.5) is 0 Å². The van der Waals surface area contributed by atoms with E-state index in [2.05, 4.69) is 39.8 Å². The van der Waals surface area contributed by atoms with Crippen molar-refractivity contribution < 1.29 is 0 Å². The molecule has 2 bridgehead atoms. The van der Waals surface area contributed by atoms with Crippen LogP contribution in [0.5, 0.6) is 0 Å². The Morgan fingerprint density at radius 3 is 2.50 bits per heavy atom. The van der Waals surface area contributed by atoms with Gasteiger partial charge in [-0.15, -0.1) is 0 Å². The maximum Gasteiger partial charge on any atom is -0.0295 e. The van der Waals surface area contributed by atoms with Crippen molar-refractivity contribution in [2.75, 3.05) is 0 Å². The first-order valence-electron chi connectivity index (χ1n) is 7.22. The summed E-state index contributed by atoms with van der Waals surface area (Å²) in [5.41, 5.74) is 0.656. The number of hydrogen-bond acceptors (Lipinski definition) is 0. The highest BCUT2D eigenvalue weighted by atomic mass is 14.6. The molecule has 3 saturated carbocycles. The molecule has 4 unspecified atom stereocenters. The summed E-state index contributed by atoms with van der Waals surface area (Å²) in [7, 11) is 0. The van der Waals surface area contributed by atoms with Gasteiger partial charge in [-0.05, 0) is 54.8 Å². The van der Waals surface area contributed by atoms with Crippen LogP contribution in [-0.4, -0.2) is 0 Å². The van der Waals surface area contributed by atoms with Crippen LogP contribution in [0.2, 0.25) is 0 Å². The Kier molecular flexibility index (Phi) is 3.47. The van der Waals surface area contributed by atoms with Crippen molar-refractivity contribution in [1.29, 1.82) is 0 Å². The summed E-state index contributed by atoms with van der Waals surface area (Å²) in [4.78, 5) is 0. The van der Waals surface area contributed by atoms with E-state index in [1.165, 1.54) is 32.1 Å². The van der Waals surface area contributed by atoms with E-state index in [4.69, 9.17) is 0 Å². The Morgan fingerprint density at radius 1 is 1.19 bits per heavy atom. The number of unbranched alkanes of at least 4 members (excludes halogenated alkanes) is 1. The van der Waals surface area contributed by atoms with Gasteiger partial charge in [-0.25, -0.2) is 0 Å². The topological polar surface area (TPSA) is 0 Å². The standard InChI is InChI=1S/C16H28/c1-5-6-7-8-9-13-10-14-11-15(12(13)2)16(14,3)4/h7-8,12-15H,5-6,9-11H2,1-4H3. The first-order chi connectivity index (χ1) is 7.57. The van der Waals surface area contributed by atoms with Gasteiger partial charge in [-0.3, -0.25) is 0 Å². The smallest absolute Gasteiger partial charge is 0.0295 e. The van der Waals surface area contributed by atoms with E-state index >= 15 is 0 Å². The zero-order valence-corrected chi connectivity index (χ0v) is 11.5. The lowest BCUT2D eigenvalue weighted by atomic mass is 9.43. The van der Waals surface area contributed by atoms with Crippen LogP contribution in [0.25, 0.3) is 0 Å². The molecule has 0 spiro atoms. The normalized spacial score (nSPS) is 41.0. The van der Waals surface area contributed by atoms with Gasteiger partial charge in [0.15, 0.2) is 0 Å². The second kappa shape index (κ2) is 4.55. The fourth-order valence-electron chi connectivity index (χ4n) is 4.12. The minimum Gasteiger partial charge on any atom is -0.0885 e. The van der Waals surface area contributed by atoms with Gasteiger partial charge in [0.1, 0.15) is 0 Å². The fourth-order valence-corrected chi connectivity index (χ4v) is 4.12. The van der Waals surface area contributed by atoms with Crippen molar-refractivity contribution in [2.45, 2.75) is 59.8 Å². The predicted octanol–water partition coefficient (Wildman–Crippen LogP) is 5.05. The molecule has 0 saturated heterocycles. The average Bonchev–Trinajstić information content (AvgIpc) is 2.25. The Bertz CT molecular complexity index is 261. The van der Waals surface area contributed by atoms with E-state index in [1.54, 1.807) is 0 Å². The largest absolute Gasteiger partial charge is 0.0885 e. The Labute approximate surface area is 102 Å². The highest BCUT2D eigenvalue weighted by Crippen LogP contribution is 2.63. The second-order valence-corrected chi connectivity index (χ2v) is 6.71. The molecule has 3 rings (SSSR count). The van der Waals surface area contributed by atoms with Crippen LogP contribution in [0.1, 0.15) is 59.8 Å². The maximum atomic E-state index is 2.50. The van der Waals surface area contributed by atoms with Crippen LogP contribution >= 0.6 is 0 Å². The van der Waals surface area contributed by atoms with E-state index < -0.39 is 0 Å². The molecule has 0 radical (unpaired) electrons. The van der Waals surface area contributed by atoms with Crippen LogP contribution in [0, 0.1) is 29.1 Å². The molecular formula is C16H28. The van der Waals surface area contributed by atoms with Crippen molar-refractivity contribution in [3.8, 4) is 0 Å². The summed E-state index contributed by atoms with van der Waals surface area (Å²) < 4.78 is 0. The van der Waals surface area contributed by atoms with Gasteiger partial charge in [0.2, 0.25) is 0 Å². The molecule has 3 aliphatic carbocycles. The van der Waals surface area contributed by atoms with Crippen LogP contribution in [-0.2, 0) is 0 Å². The molecule has 3 fully saturated rings. The maximum absolute atomic E-state index is 2.50. The van der Waals surface area contributed by atoms with Crippen LogP contribution in [0.3, 0.4) is 0 Å². The van der Waals surface area contributed by atoms with Gasteiger partial charge in [0.05, 0.1) is 0 Å². The monoisotopic (exact) mass is 220 g/mol. The molecule has 92 valence electrons. The van der Waals surface area contributed by atoms with Gasteiger partial charge in [-0.1, -0.05) is 46.3 Å². The Morgan fingerprint density at radius 2 is 1.94 bits per heavy atom. The van der Waals surface area contributed by atoms with Crippen molar-refractivity contribution in [2.24, 2.45) is 29.1 Å². The van der Waals surface area contributed by atoms with Crippen LogP contribution in [0.15, 0.2) is 12.2 Å². The average molecular weight is 220 g/mol. The van der Waals surface area contributed by atoms with E-state index in [1.807, 2.05) is 0 Å². The lowest BCUT2D eigenvalue weighted by Gasteiger charge is -2.62. The number of hydrogen-bond donors (Lipinski definition) is 0. The molecule has 0 aliphatic heterocycles. The summed E-state index contributed by atoms with van der Waals surface area (Å²) in [6.07, 6.45) is 11.7. The molecule has 0 aromatic rings. The third-order valence-corrected chi connectivity index (χ3v) is 5.57. The molecule has 4 atom stereocenters. The molecule has 16 heavy (non-hydrogen) atoms. The fraction of sp³-hybridized carbons (Fsp3) is 0.875. The zero-order chi connectivity index (χ0) is 11.8. The minimum absolute atomic E-state index is 0.656. The summed E-state index contributed by atoms with van der Waals surface area (Å²) >= 11 is 0. The number of allylic oxidation sites excluding steroid dienone is 2. The zero-order valence-electron chi connectivity index (χ0n) is 11.5. The number of fused-ring (bicyclic) bond motifs is 2. The first kappa shape index (κ1) is 12.2. The Hall–Kier alpha value is -0.260. The van der Waals surface area contributed by atoms with Crippen molar-refractivity contribution in [3.63, 3.8) is 0 Å². The van der Waals surface area contributed by atoms with Crippen LogP contribution < -0.4 is 0 Å². The third-order valence-electron chi connectivity index (χ3n) is 5.57. The van der Waals surface area contributed by atoms with Crippen molar-refractivity contribution >= 4 is 0 Å². The molecule has 0 amide bonds. The van der Waals surface area contributed by atoms with E-state index in [0.29, 0.717) is 5.41 Å². The molecular weight excluding hydrogens is 192 g/mol. The van der Waals surface area contributed by atoms with Gasteiger partial charge in [0, 0.05) is 0 Å². The third kappa shape index (κ3) is 1.96. The quantitative estimate of drug-likeness (QED) is 0.581. The molecule has 0 heterocycles. The summed E-state index contributed by atoms with van der Waals surface area (Å²) in [6, 6.07) is 0. The van der Waals surface area contributed by atoms with Gasteiger partial charge in [-0.2, -0.15) is 0 Å². The van der Waals surface area contributed by atoms with E-state index in [9.17, 15) is 0 Å². The van der Waals surface area contributed by atoms with E-state index in [-0.39, 0.29) is 0 Å². The molecule has 0 aromatic heterocycles. The molecule has 3 aliphatic rings. The molecule has 0 aromatic carbocycles. The lowest BCUT2D eigenvalue weighted by molar-refractivity contribution is -0.127. The van der Waals surface area contributed by atoms with Gasteiger partial charge < -0.3 is 0 Å². The Balaban J connectivity index is 1.86. The molecule has 0 heteroatoms. The predicted molar refractivity (Wildman–Crippen MR) is 71.3 cm³/mol. The minimum atomic E-state index is 0.656. The highest BCUT2D eigenvalue weighted by Gasteiger charge is 2.55. The highest BCUT2D eigenvalue weighted by molar-refractivity contribution is 5.06. The summed E-state index contributed by atoms with van der Waals surface area (Å²) in [5.74, 6) is 3.96. The molecule has 0 nitrogen and oxygen atoms in total. The second-order valence-electron chi connectivity index (χ2n) is 6.71. The summed E-state index contributed by atoms with van der Waals surface area (Å²) in [5, 5.41) is 0. The number of rotatable bonds is 4. The van der Waals surface area contributed by atoms with Crippen molar-refractivity contribution in [3.05, 3.63) is 12.2 Å². The SMILES string of the molecule is CCCC=CCC1CC2CC(C1C)C2(C)C. The summed E-state index contributed by atoms with van der Waals surface area (Å²) in [6.45, 7) is 9.74. The first-order valence-corrected chi connectivity index (χ1v) is 7.22. The molecule has 0 N–H and O–H groups in total. The van der Waals surface area contributed by atoms with Crippen molar-refractivity contribution in [1.82, 2.24) is 0 Å².